The number of fused-ring (bicyclic) bond motifs is 4. The summed E-state index contributed by atoms with van der Waals surface area (Å²) in [6.07, 6.45) is 9.71. The summed E-state index contributed by atoms with van der Waals surface area (Å²) < 4.78 is 14.7. The monoisotopic (exact) mass is 845 g/mol. The van der Waals surface area contributed by atoms with Crippen LogP contribution in [0.5, 0.6) is 23.0 Å². The van der Waals surface area contributed by atoms with E-state index < -0.39 is 0 Å². The van der Waals surface area contributed by atoms with E-state index in [0.717, 1.165) is 75.7 Å². The van der Waals surface area contributed by atoms with Gasteiger partial charge in [-0.15, -0.1) is 71.8 Å². The first-order valence-electron chi connectivity index (χ1n) is 16.3. The van der Waals surface area contributed by atoms with Crippen LogP contribution in [-0.4, -0.2) is 24.5 Å². The average Bonchev–Trinajstić information content (AvgIpc) is 3.48. The second kappa shape index (κ2) is 15.1. The number of rotatable bonds is 7. The van der Waals surface area contributed by atoms with E-state index >= 15 is 0 Å². The second-order valence-corrected chi connectivity index (χ2v) is 11.8. The molecule has 0 unspecified atom stereocenters. The van der Waals surface area contributed by atoms with Crippen LogP contribution < -0.4 is 9.47 Å². The van der Waals surface area contributed by atoms with Crippen LogP contribution in [-0.2, 0) is 53.7 Å². The Balaban J connectivity index is 0.00000203. The molecule has 0 saturated heterocycles. The zero-order valence-electron chi connectivity index (χ0n) is 27.0. The first-order chi connectivity index (χ1) is 24.2. The molecule has 0 N–H and O–H groups in total. The maximum Gasteiger partial charge on any atom is 2.00 e. The zero-order chi connectivity index (χ0) is 32.6. The maximum absolute atomic E-state index is 6.34. The van der Waals surface area contributed by atoms with Gasteiger partial charge in [0.1, 0.15) is 0 Å². The molecule has 4 aromatic heterocycles. The first kappa shape index (κ1) is 34.4. The molecule has 0 fully saturated rings. The Bertz CT molecular complexity index is 2330. The molecule has 51 heavy (non-hydrogen) atoms. The second-order valence-electron chi connectivity index (χ2n) is 11.8. The quantitative estimate of drug-likeness (QED) is 0.118. The van der Waals surface area contributed by atoms with Gasteiger partial charge in [0.05, 0.1) is 0 Å². The van der Waals surface area contributed by atoms with Crippen LogP contribution in [0.2, 0.25) is 0 Å². The molecule has 4 heterocycles. The van der Waals surface area contributed by atoms with Crippen molar-refractivity contribution in [3.63, 3.8) is 0 Å². The third-order valence-electron chi connectivity index (χ3n) is 8.64. The Labute approximate surface area is 323 Å². The predicted octanol–water partition coefficient (Wildman–Crippen LogP) is 9.36. The third-order valence-corrected chi connectivity index (χ3v) is 8.64. The van der Waals surface area contributed by atoms with Gasteiger partial charge in [-0.2, -0.15) is 22.9 Å². The van der Waals surface area contributed by atoms with Gasteiger partial charge < -0.3 is 24.0 Å². The maximum atomic E-state index is 6.34. The molecule has 1 aliphatic carbocycles. The minimum atomic E-state index is 0. The van der Waals surface area contributed by atoms with E-state index in [9.17, 15) is 0 Å². The van der Waals surface area contributed by atoms with Crippen LogP contribution in [0.15, 0.2) is 116 Å². The van der Waals surface area contributed by atoms with Gasteiger partial charge in [-0.3, -0.25) is 0 Å². The molecule has 1 aliphatic rings. The van der Waals surface area contributed by atoms with Crippen LogP contribution in [0.3, 0.4) is 0 Å². The molecule has 7 nitrogen and oxygen atoms in total. The van der Waals surface area contributed by atoms with E-state index in [-0.39, 0.29) is 40.8 Å². The molecule has 0 amide bonds. The van der Waals surface area contributed by atoms with Crippen molar-refractivity contribution >= 4 is 21.8 Å². The van der Waals surface area contributed by atoms with Gasteiger partial charge in [-0.05, 0) is 54.8 Å². The van der Waals surface area contributed by atoms with Gasteiger partial charge in [0.25, 0.3) is 0 Å². The molecule has 0 spiro atoms. The van der Waals surface area contributed by atoms with Crippen molar-refractivity contribution in [1.82, 2.24) is 24.5 Å². The van der Waals surface area contributed by atoms with Crippen molar-refractivity contribution in [2.75, 3.05) is 0 Å². The Kier molecular flexibility index (Phi) is 10.2. The fourth-order valence-corrected chi connectivity index (χ4v) is 6.31. The van der Waals surface area contributed by atoms with E-state index in [2.05, 4.69) is 34.2 Å². The fourth-order valence-electron chi connectivity index (χ4n) is 6.31. The topological polar surface area (TPSA) is 75.0 Å². The van der Waals surface area contributed by atoms with Crippen molar-refractivity contribution in [2.24, 2.45) is 0 Å². The Hall–Kier alpha value is -5.02. The fraction of sp³-hybridized carbons (Fsp3) is 0.0952. The van der Waals surface area contributed by atoms with Gasteiger partial charge >= 0.3 is 40.8 Å². The van der Waals surface area contributed by atoms with Crippen LogP contribution >= 0.6 is 0 Å². The van der Waals surface area contributed by atoms with E-state index in [4.69, 9.17) is 19.4 Å². The number of nitrogens with zero attached hydrogens (tertiary/aromatic N) is 5. The van der Waals surface area contributed by atoms with Crippen molar-refractivity contribution in [2.45, 2.75) is 25.7 Å². The molecule has 0 atom stereocenters. The molecule has 252 valence electrons. The van der Waals surface area contributed by atoms with Crippen LogP contribution in [0.25, 0.3) is 50.3 Å². The van der Waals surface area contributed by atoms with Gasteiger partial charge in [-0.1, -0.05) is 47.4 Å². The third kappa shape index (κ3) is 7.00. The molecule has 9 heteroatoms. The number of ether oxygens (including phenoxy) is 2. The standard InChI is InChI=1S/C42H27N5O2.2Pd/c1-2-16-39-30(9-1)27-45-42(46-39)47-40-25-33(48-31-12-7-10-28(23-31)37-14-3-5-21-43-37)17-19-35(40)36-20-18-34(26-41(36)47)49-32-13-8-11-29(24-32)38-15-4-6-22-44-38;;/h3-8,10-15,17-22,27H,1-2,9,16H2;;/q-4;2*+2. The van der Waals surface area contributed by atoms with Crippen LogP contribution in [0.1, 0.15) is 24.1 Å². The smallest absolute Gasteiger partial charge is 0.503 e. The molecule has 4 aromatic carbocycles. The summed E-state index contributed by atoms with van der Waals surface area (Å²) in [5.41, 5.74) is 7.21. The zero-order valence-corrected chi connectivity index (χ0v) is 30.1. The summed E-state index contributed by atoms with van der Waals surface area (Å²) in [4.78, 5) is 18.9. The van der Waals surface area contributed by atoms with Gasteiger partial charge in [0, 0.05) is 47.3 Å². The largest absolute Gasteiger partial charge is 2.00 e. The number of aromatic nitrogens is 5. The van der Waals surface area contributed by atoms with Crippen LogP contribution in [0.4, 0.5) is 0 Å². The average molecular weight is 847 g/mol. The van der Waals surface area contributed by atoms with Crippen molar-refractivity contribution in [3.8, 4) is 51.5 Å². The van der Waals surface area contributed by atoms with Gasteiger partial charge in [-0.25, -0.2) is 9.97 Å². The molecule has 9 rings (SSSR count). The summed E-state index contributed by atoms with van der Waals surface area (Å²) in [5, 5.41) is 1.95. The number of aryl methyl sites for hydroxylation is 2. The summed E-state index contributed by atoms with van der Waals surface area (Å²) in [6.45, 7) is 0. The predicted molar refractivity (Wildman–Crippen MR) is 188 cm³/mol. The molecule has 0 bridgehead atoms. The first-order valence-corrected chi connectivity index (χ1v) is 16.3. The van der Waals surface area contributed by atoms with E-state index in [0.29, 0.717) is 28.9 Å². The van der Waals surface area contributed by atoms with Crippen LogP contribution in [0, 0.1) is 24.3 Å². The van der Waals surface area contributed by atoms with E-state index in [1.54, 1.807) is 12.4 Å². The number of pyridine rings is 2. The molecule has 8 aromatic rings. The normalized spacial score (nSPS) is 12.1. The molecule has 0 saturated carbocycles. The molecule has 0 radical (unpaired) electrons. The summed E-state index contributed by atoms with van der Waals surface area (Å²) in [6, 6.07) is 44.8. The minimum absolute atomic E-state index is 0. The summed E-state index contributed by atoms with van der Waals surface area (Å²) >= 11 is 0. The molecular weight excluding hydrogens is 819 g/mol. The Morgan fingerprint density at radius 2 is 1.08 bits per heavy atom. The minimum Gasteiger partial charge on any atom is -0.503 e. The number of benzene rings is 4. The number of hydrogen-bond acceptors (Lipinski definition) is 6. The van der Waals surface area contributed by atoms with Crippen molar-refractivity contribution in [1.29, 1.82) is 0 Å². The van der Waals surface area contributed by atoms with E-state index in [1.165, 1.54) is 5.56 Å². The van der Waals surface area contributed by atoms with Gasteiger partial charge in [0.15, 0.2) is 0 Å². The SMILES string of the molecule is [Pd+2].[Pd+2].[c-]1c(Oc2[c-]c3c(cc2)c2ccc(Oc4[c-]c(-c5ccccn5)ccc4)[c-]c2n3-c2ncc3c(n2)CCCC3)cccc1-c1ccccn1. The van der Waals surface area contributed by atoms with Crippen molar-refractivity contribution < 1.29 is 50.3 Å². The Morgan fingerprint density at radius 1 is 0.529 bits per heavy atom. The molecule has 0 aliphatic heterocycles. The molecular formula is C42H27N5O2Pd2. The van der Waals surface area contributed by atoms with Gasteiger partial charge in [0.2, 0.25) is 5.95 Å². The number of hydrogen-bond donors (Lipinski definition) is 0. The van der Waals surface area contributed by atoms with Crippen molar-refractivity contribution in [3.05, 3.63) is 151 Å². The van der Waals surface area contributed by atoms with E-state index in [1.807, 2.05) is 108 Å². The Morgan fingerprint density at radius 3 is 1.63 bits per heavy atom. The summed E-state index contributed by atoms with van der Waals surface area (Å²) in [7, 11) is 0. The summed E-state index contributed by atoms with van der Waals surface area (Å²) in [5.74, 6) is 2.79.